The molecule has 4 nitrogen and oxygen atoms in total. The normalized spacial score (nSPS) is 6.79. The molecule has 0 bridgehead atoms. The zero-order valence-electron chi connectivity index (χ0n) is 8.12. The summed E-state index contributed by atoms with van der Waals surface area (Å²) in [5.41, 5.74) is 0.433. The van der Waals surface area contributed by atoms with Crippen molar-refractivity contribution in [3.05, 3.63) is 24.8 Å². The molecule has 0 atom stereocenters. The number of carbonyl (C=O) groups excluding carboxylic acids is 2. The van der Waals surface area contributed by atoms with Gasteiger partial charge >= 0.3 is 63.3 Å². The van der Waals surface area contributed by atoms with E-state index in [1.54, 1.807) is 6.92 Å². The van der Waals surface area contributed by atoms with Gasteiger partial charge in [-0.05, 0) is 6.92 Å². The number of rotatable bonds is 2. The molecule has 0 radical (unpaired) electrons. The third-order valence-corrected chi connectivity index (χ3v) is 0.902. The van der Waals surface area contributed by atoms with Gasteiger partial charge in [0.2, 0.25) is 0 Å². The predicted octanol–water partition coefficient (Wildman–Crippen LogP) is 0.432. The van der Waals surface area contributed by atoms with E-state index in [-0.39, 0.29) is 57.4 Å². The number of carbonyl (C=O) groups is 2. The minimum absolute atomic E-state index is 0. The zero-order valence-corrected chi connectivity index (χ0v) is 8.12. The van der Waals surface area contributed by atoms with E-state index in [2.05, 4.69) is 22.6 Å². The first-order valence-corrected chi connectivity index (χ1v) is 3.43. The summed E-state index contributed by atoms with van der Waals surface area (Å²) >= 11 is 0. The SMILES string of the molecule is C=C(C)C(=O)OC.C=CC(=O)OC.[KH]. The van der Waals surface area contributed by atoms with Gasteiger partial charge in [0.1, 0.15) is 0 Å². The molecule has 0 N–H and O–H groups in total. The topological polar surface area (TPSA) is 52.6 Å². The molecule has 0 aromatic heterocycles. The fraction of sp³-hybridized carbons (Fsp3) is 0.333. The van der Waals surface area contributed by atoms with Crippen LogP contribution in [0.4, 0.5) is 0 Å². The van der Waals surface area contributed by atoms with Gasteiger partial charge in [0, 0.05) is 11.6 Å². The Bertz CT molecular complexity index is 211. The van der Waals surface area contributed by atoms with Gasteiger partial charge in [0.05, 0.1) is 14.2 Å². The molecule has 0 heterocycles. The van der Waals surface area contributed by atoms with Crippen molar-refractivity contribution in [3.8, 4) is 0 Å². The fourth-order valence-corrected chi connectivity index (χ4v) is 0.258. The van der Waals surface area contributed by atoms with Gasteiger partial charge in [-0.1, -0.05) is 13.2 Å². The molecule has 0 aliphatic heterocycles. The molecule has 0 amide bonds. The van der Waals surface area contributed by atoms with Gasteiger partial charge < -0.3 is 9.47 Å². The maximum atomic E-state index is 10.2. The van der Waals surface area contributed by atoms with Gasteiger partial charge in [0.15, 0.2) is 0 Å². The Balaban J connectivity index is -0.000000163. The average Bonchev–Trinajstić information content (AvgIpc) is 2.16. The molecule has 0 fully saturated rings. The number of esters is 2. The second-order valence-corrected chi connectivity index (χ2v) is 2.00. The quantitative estimate of drug-likeness (QED) is 0.389. The van der Waals surface area contributed by atoms with Crippen LogP contribution in [-0.4, -0.2) is 77.5 Å². The van der Waals surface area contributed by atoms with E-state index in [9.17, 15) is 9.59 Å². The van der Waals surface area contributed by atoms with E-state index in [4.69, 9.17) is 0 Å². The van der Waals surface area contributed by atoms with Crippen LogP contribution in [0.1, 0.15) is 6.92 Å². The van der Waals surface area contributed by atoms with Crippen LogP contribution in [-0.2, 0) is 19.1 Å². The van der Waals surface area contributed by atoms with Gasteiger partial charge in [-0.3, -0.25) is 0 Å². The molecule has 0 aliphatic carbocycles. The summed E-state index contributed by atoms with van der Waals surface area (Å²) in [5.74, 6) is -0.741. The molecule has 0 aromatic rings. The van der Waals surface area contributed by atoms with Gasteiger partial charge in [0.25, 0.3) is 0 Å². The second kappa shape index (κ2) is 13.1. The number of hydrogen-bond acceptors (Lipinski definition) is 4. The Morgan fingerprint density at radius 2 is 1.64 bits per heavy atom. The van der Waals surface area contributed by atoms with Gasteiger partial charge in [-0.2, -0.15) is 0 Å². The standard InChI is InChI=1S/C5H8O2.C4H6O2.K.H/c1-4(2)5(6)7-3;1-3-4(5)6-2;;/h1H2,2-3H3;3H,1H2,2H3;;. The fourth-order valence-electron chi connectivity index (χ4n) is 0.258. The molecule has 14 heavy (non-hydrogen) atoms. The van der Waals surface area contributed by atoms with E-state index in [1.807, 2.05) is 0 Å². The summed E-state index contributed by atoms with van der Waals surface area (Å²) in [6.07, 6.45) is 1.11. The molecule has 5 heteroatoms. The van der Waals surface area contributed by atoms with E-state index in [1.165, 1.54) is 14.2 Å². The Morgan fingerprint density at radius 3 is 1.64 bits per heavy atom. The van der Waals surface area contributed by atoms with Crippen molar-refractivity contribution in [1.82, 2.24) is 0 Å². The third kappa shape index (κ3) is 14.6. The van der Waals surface area contributed by atoms with Crippen molar-refractivity contribution >= 4 is 63.3 Å². The van der Waals surface area contributed by atoms with Crippen LogP contribution in [0.2, 0.25) is 0 Å². The second-order valence-electron chi connectivity index (χ2n) is 2.00. The zero-order chi connectivity index (χ0) is 10.9. The molecule has 0 saturated carbocycles. The van der Waals surface area contributed by atoms with E-state index < -0.39 is 5.97 Å². The first-order chi connectivity index (χ1) is 5.99. The molecule has 0 saturated heterocycles. The van der Waals surface area contributed by atoms with Crippen molar-refractivity contribution in [2.24, 2.45) is 0 Å². The van der Waals surface area contributed by atoms with Crippen LogP contribution in [0, 0.1) is 0 Å². The van der Waals surface area contributed by atoms with Crippen LogP contribution in [0.25, 0.3) is 0 Å². The van der Waals surface area contributed by atoms with Gasteiger partial charge in [-0.15, -0.1) is 0 Å². The van der Waals surface area contributed by atoms with Crippen LogP contribution in [0.15, 0.2) is 24.8 Å². The van der Waals surface area contributed by atoms with Gasteiger partial charge in [-0.25, -0.2) is 9.59 Å². The van der Waals surface area contributed by atoms with Crippen LogP contribution < -0.4 is 0 Å². The predicted molar refractivity (Wildman–Crippen MR) is 56.2 cm³/mol. The monoisotopic (exact) mass is 226 g/mol. The molecule has 0 unspecified atom stereocenters. The molecule has 0 aliphatic rings. The van der Waals surface area contributed by atoms with E-state index in [0.717, 1.165) is 6.08 Å². The van der Waals surface area contributed by atoms with Crippen molar-refractivity contribution in [2.45, 2.75) is 6.92 Å². The molecule has 0 aromatic carbocycles. The number of hydrogen-bond donors (Lipinski definition) is 0. The molecular weight excluding hydrogens is 211 g/mol. The van der Waals surface area contributed by atoms with Crippen molar-refractivity contribution in [2.75, 3.05) is 14.2 Å². The molecular formula is C9H15KO4. The molecule has 0 rings (SSSR count). The summed E-state index contributed by atoms with van der Waals surface area (Å²) in [4.78, 5) is 20.0. The van der Waals surface area contributed by atoms with E-state index in [0.29, 0.717) is 5.57 Å². The Kier molecular flexibility index (Phi) is 18.3. The Labute approximate surface area is 127 Å². The van der Waals surface area contributed by atoms with E-state index >= 15 is 0 Å². The van der Waals surface area contributed by atoms with Crippen LogP contribution in [0.3, 0.4) is 0 Å². The Hall–Kier alpha value is 0.0564. The third-order valence-electron chi connectivity index (χ3n) is 0.902. The van der Waals surface area contributed by atoms with Crippen molar-refractivity contribution in [3.63, 3.8) is 0 Å². The Morgan fingerprint density at radius 1 is 1.21 bits per heavy atom. The average molecular weight is 226 g/mol. The minimum atomic E-state index is -0.394. The molecule has 76 valence electrons. The van der Waals surface area contributed by atoms with Crippen molar-refractivity contribution in [1.29, 1.82) is 0 Å². The number of ether oxygens (including phenoxy) is 2. The van der Waals surface area contributed by atoms with Crippen LogP contribution >= 0.6 is 0 Å². The molecule has 0 spiro atoms. The summed E-state index contributed by atoms with van der Waals surface area (Å²) in [6.45, 7) is 8.11. The summed E-state index contributed by atoms with van der Waals surface area (Å²) in [5, 5.41) is 0. The summed E-state index contributed by atoms with van der Waals surface area (Å²) in [7, 11) is 2.64. The summed E-state index contributed by atoms with van der Waals surface area (Å²) < 4.78 is 8.42. The maximum absolute atomic E-state index is 10.2. The number of methoxy groups -OCH3 is 2. The first-order valence-electron chi connectivity index (χ1n) is 3.43. The first kappa shape index (κ1) is 19.6. The summed E-state index contributed by atoms with van der Waals surface area (Å²) in [6, 6.07) is 0. The van der Waals surface area contributed by atoms with Crippen LogP contribution in [0.5, 0.6) is 0 Å². The van der Waals surface area contributed by atoms with Crippen molar-refractivity contribution < 1.29 is 19.1 Å².